The second-order valence-corrected chi connectivity index (χ2v) is 3.21. The van der Waals surface area contributed by atoms with Crippen molar-refractivity contribution in [3.63, 3.8) is 0 Å². The summed E-state index contributed by atoms with van der Waals surface area (Å²) in [5.74, 6) is -0.382. The summed E-state index contributed by atoms with van der Waals surface area (Å²) in [6, 6.07) is 15.7. The Morgan fingerprint density at radius 1 is 0.933 bits per heavy atom. The van der Waals surface area contributed by atoms with Crippen LogP contribution in [0.3, 0.4) is 0 Å². The van der Waals surface area contributed by atoms with Gasteiger partial charge >= 0.3 is 0 Å². The Morgan fingerprint density at radius 2 is 1.67 bits per heavy atom. The van der Waals surface area contributed by atoms with E-state index in [2.05, 4.69) is 0 Å². The van der Waals surface area contributed by atoms with Crippen molar-refractivity contribution < 1.29 is 4.39 Å². The van der Waals surface area contributed by atoms with Gasteiger partial charge in [0.25, 0.3) is 0 Å². The molecular weight excluding hydrogens is 189 g/mol. The molecule has 1 nitrogen and oxygen atoms in total. The predicted molar refractivity (Wildman–Crippen MR) is 56.6 cm³/mol. The molecule has 0 saturated heterocycles. The molecule has 2 heteroatoms. The number of benzene rings is 2. The van der Waals surface area contributed by atoms with Crippen LogP contribution >= 0.6 is 0 Å². The van der Waals surface area contributed by atoms with Crippen molar-refractivity contribution in [1.29, 1.82) is 5.26 Å². The zero-order valence-electron chi connectivity index (χ0n) is 7.94. The quantitative estimate of drug-likeness (QED) is 0.687. The zero-order chi connectivity index (χ0) is 10.7. The molecule has 0 fully saturated rings. The number of halogens is 1. The van der Waals surface area contributed by atoms with Crippen LogP contribution in [0.5, 0.6) is 0 Å². The average molecular weight is 197 g/mol. The fraction of sp³-hybridized carbons (Fsp3) is 0. The first-order valence-electron chi connectivity index (χ1n) is 4.56. The van der Waals surface area contributed by atoms with Crippen LogP contribution in [0.1, 0.15) is 5.56 Å². The Balaban J connectivity index is 2.55. The van der Waals surface area contributed by atoms with Crippen LogP contribution in [0.4, 0.5) is 4.39 Å². The summed E-state index contributed by atoms with van der Waals surface area (Å²) < 4.78 is 13.1. The molecular formula is C13H8FN. The van der Waals surface area contributed by atoms with Gasteiger partial charge in [0.2, 0.25) is 0 Å². The molecule has 0 radical (unpaired) electrons. The highest BCUT2D eigenvalue weighted by Crippen LogP contribution is 2.21. The van der Waals surface area contributed by atoms with Gasteiger partial charge in [0, 0.05) is 0 Å². The van der Waals surface area contributed by atoms with Crippen LogP contribution in [-0.4, -0.2) is 0 Å². The third-order valence-corrected chi connectivity index (χ3v) is 2.13. The summed E-state index contributed by atoms with van der Waals surface area (Å²) in [5.41, 5.74) is 1.98. The molecule has 0 saturated carbocycles. The Morgan fingerprint density at radius 3 is 2.33 bits per heavy atom. The monoisotopic (exact) mass is 197 g/mol. The Kier molecular flexibility index (Phi) is 2.47. The zero-order valence-corrected chi connectivity index (χ0v) is 7.94. The third kappa shape index (κ3) is 2.03. The van der Waals surface area contributed by atoms with E-state index in [9.17, 15) is 4.39 Å². The van der Waals surface area contributed by atoms with E-state index in [1.165, 1.54) is 12.1 Å². The lowest BCUT2D eigenvalue weighted by molar-refractivity contribution is 0.628. The maximum Gasteiger partial charge on any atom is 0.125 e. The van der Waals surface area contributed by atoms with Gasteiger partial charge in [-0.25, -0.2) is 4.39 Å². The minimum absolute atomic E-state index is 0.342. The van der Waals surface area contributed by atoms with E-state index >= 15 is 0 Å². The highest BCUT2D eigenvalue weighted by Gasteiger charge is 2.01. The van der Waals surface area contributed by atoms with Gasteiger partial charge in [0.1, 0.15) is 5.82 Å². The first-order valence-corrected chi connectivity index (χ1v) is 4.56. The molecule has 72 valence electrons. The smallest absolute Gasteiger partial charge is 0.125 e. The van der Waals surface area contributed by atoms with Crippen molar-refractivity contribution in [3.05, 3.63) is 59.9 Å². The van der Waals surface area contributed by atoms with Gasteiger partial charge in [0.15, 0.2) is 0 Å². The van der Waals surface area contributed by atoms with Gasteiger partial charge in [-0.15, -0.1) is 0 Å². The van der Waals surface area contributed by atoms with E-state index in [4.69, 9.17) is 5.26 Å². The van der Waals surface area contributed by atoms with Gasteiger partial charge in [-0.2, -0.15) is 5.26 Å². The fourth-order valence-corrected chi connectivity index (χ4v) is 1.45. The second-order valence-electron chi connectivity index (χ2n) is 3.21. The predicted octanol–water partition coefficient (Wildman–Crippen LogP) is 3.36. The topological polar surface area (TPSA) is 23.8 Å². The molecule has 0 amide bonds. The number of rotatable bonds is 1. The molecule has 0 atom stereocenters. The van der Waals surface area contributed by atoms with Crippen LogP contribution < -0.4 is 0 Å². The van der Waals surface area contributed by atoms with Crippen LogP contribution in [0.25, 0.3) is 11.1 Å². The van der Waals surface area contributed by atoms with E-state index < -0.39 is 0 Å². The SMILES string of the molecule is N#Cc1cc(F)cc(-c2ccccc2)c1. The van der Waals surface area contributed by atoms with Crippen molar-refractivity contribution in [2.45, 2.75) is 0 Å². The van der Waals surface area contributed by atoms with Gasteiger partial charge in [-0.05, 0) is 29.3 Å². The third-order valence-electron chi connectivity index (χ3n) is 2.13. The molecule has 0 spiro atoms. The van der Waals surface area contributed by atoms with E-state index in [-0.39, 0.29) is 5.82 Å². The number of nitriles is 1. The molecule has 0 aliphatic carbocycles. The highest BCUT2D eigenvalue weighted by molar-refractivity contribution is 5.65. The van der Waals surface area contributed by atoms with Crippen molar-refractivity contribution in [2.75, 3.05) is 0 Å². The minimum Gasteiger partial charge on any atom is -0.207 e. The van der Waals surface area contributed by atoms with Crippen LogP contribution in [-0.2, 0) is 0 Å². The molecule has 0 heterocycles. The van der Waals surface area contributed by atoms with E-state index in [1.807, 2.05) is 36.4 Å². The molecule has 0 N–H and O–H groups in total. The summed E-state index contributed by atoms with van der Waals surface area (Å²) in [6.07, 6.45) is 0. The van der Waals surface area contributed by atoms with E-state index in [0.29, 0.717) is 5.56 Å². The van der Waals surface area contributed by atoms with E-state index in [0.717, 1.165) is 11.1 Å². The van der Waals surface area contributed by atoms with Crippen LogP contribution in [0.2, 0.25) is 0 Å². The lowest BCUT2D eigenvalue weighted by Crippen LogP contribution is -1.83. The maximum atomic E-state index is 13.1. The Bertz CT molecular complexity index is 512. The van der Waals surface area contributed by atoms with Gasteiger partial charge in [0.05, 0.1) is 11.6 Å². The van der Waals surface area contributed by atoms with Crippen molar-refractivity contribution in [2.24, 2.45) is 0 Å². The van der Waals surface area contributed by atoms with Crippen molar-refractivity contribution in [3.8, 4) is 17.2 Å². The molecule has 0 unspecified atom stereocenters. The summed E-state index contributed by atoms with van der Waals surface area (Å²) in [5, 5.41) is 8.72. The second kappa shape index (κ2) is 3.93. The largest absolute Gasteiger partial charge is 0.207 e. The molecule has 0 aromatic heterocycles. The lowest BCUT2D eigenvalue weighted by Gasteiger charge is -2.01. The first kappa shape index (κ1) is 9.42. The Hall–Kier alpha value is -2.14. The molecule has 15 heavy (non-hydrogen) atoms. The highest BCUT2D eigenvalue weighted by atomic mass is 19.1. The van der Waals surface area contributed by atoms with Crippen LogP contribution in [0, 0.1) is 17.1 Å². The van der Waals surface area contributed by atoms with Crippen molar-refractivity contribution in [1.82, 2.24) is 0 Å². The fourth-order valence-electron chi connectivity index (χ4n) is 1.45. The number of hydrogen-bond donors (Lipinski definition) is 0. The number of nitrogens with zero attached hydrogens (tertiary/aromatic N) is 1. The summed E-state index contributed by atoms with van der Waals surface area (Å²) in [6.45, 7) is 0. The molecule has 2 aromatic rings. The van der Waals surface area contributed by atoms with E-state index in [1.54, 1.807) is 6.07 Å². The standard InChI is InChI=1S/C13H8FN/c14-13-7-10(9-15)6-12(8-13)11-4-2-1-3-5-11/h1-8H. The molecule has 2 rings (SSSR count). The normalized spacial score (nSPS) is 9.60. The van der Waals surface area contributed by atoms with Crippen molar-refractivity contribution >= 4 is 0 Å². The summed E-state index contributed by atoms with van der Waals surface area (Å²) >= 11 is 0. The van der Waals surface area contributed by atoms with Gasteiger partial charge < -0.3 is 0 Å². The van der Waals surface area contributed by atoms with Crippen LogP contribution in [0.15, 0.2) is 48.5 Å². The molecule has 0 aliphatic heterocycles. The molecule has 0 bridgehead atoms. The molecule has 0 aliphatic rings. The summed E-state index contributed by atoms with van der Waals surface area (Å²) in [7, 11) is 0. The average Bonchev–Trinajstić information content (AvgIpc) is 2.29. The lowest BCUT2D eigenvalue weighted by atomic mass is 10.0. The first-order chi connectivity index (χ1) is 7.29. The molecule has 2 aromatic carbocycles. The Labute approximate surface area is 87.4 Å². The number of hydrogen-bond acceptors (Lipinski definition) is 1. The maximum absolute atomic E-state index is 13.1. The van der Waals surface area contributed by atoms with Gasteiger partial charge in [-0.1, -0.05) is 30.3 Å². The summed E-state index contributed by atoms with van der Waals surface area (Å²) in [4.78, 5) is 0. The van der Waals surface area contributed by atoms with Gasteiger partial charge in [-0.3, -0.25) is 0 Å². The minimum atomic E-state index is -0.382.